The van der Waals surface area contributed by atoms with Crippen molar-refractivity contribution in [1.82, 2.24) is 0 Å². The smallest absolute Gasteiger partial charge is 0.335 e. The van der Waals surface area contributed by atoms with Gasteiger partial charge < -0.3 is 39.0 Å². The molecule has 0 radical (unpaired) electrons. The summed E-state index contributed by atoms with van der Waals surface area (Å²) in [5.41, 5.74) is 0. The molecular formula is C65H108O12. The lowest BCUT2D eigenvalue weighted by Crippen LogP contribution is -2.61. The molecule has 0 amide bonds. The Balaban J connectivity index is 2.70. The third kappa shape index (κ3) is 42.5. The predicted molar refractivity (Wildman–Crippen MR) is 312 cm³/mol. The van der Waals surface area contributed by atoms with Crippen LogP contribution in [0, 0.1) is 0 Å². The van der Waals surface area contributed by atoms with Crippen molar-refractivity contribution in [1.29, 1.82) is 0 Å². The van der Waals surface area contributed by atoms with Gasteiger partial charge in [-0.25, -0.2) is 4.79 Å². The molecule has 440 valence electrons. The third-order valence-corrected chi connectivity index (χ3v) is 13.5. The molecule has 6 unspecified atom stereocenters. The van der Waals surface area contributed by atoms with E-state index in [9.17, 15) is 34.5 Å². The first-order chi connectivity index (χ1) is 37.6. The predicted octanol–water partition coefficient (Wildman–Crippen LogP) is 15.9. The molecule has 6 atom stereocenters. The number of hydrogen-bond donors (Lipinski definition) is 3. The van der Waals surface area contributed by atoms with Gasteiger partial charge in [-0.1, -0.05) is 247 Å². The minimum atomic E-state index is -1.94. The summed E-state index contributed by atoms with van der Waals surface area (Å²) in [6.07, 6.45) is 55.9. The first-order valence-corrected chi connectivity index (χ1v) is 30.6. The van der Waals surface area contributed by atoms with E-state index in [1.165, 1.54) is 96.3 Å². The Kier molecular flexibility index (Phi) is 48.4. The van der Waals surface area contributed by atoms with E-state index in [0.29, 0.717) is 19.3 Å². The van der Waals surface area contributed by atoms with Gasteiger partial charge in [-0.15, -0.1) is 0 Å². The van der Waals surface area contributed by atoms with Gasteiger partial charge in [-0.05, 0) is 70.6 Å². The standard InChI is InChI=1S/C65H108O12/c1-4-7-10-13-16-19-22-25-27-28-29-30-32-34-36-39-42-45-48-51-57(66)73-54-56(75-58(67)52-49-46-43-40-37-33-24-21-18-15-12-9-6-3)55-74-65-63(61(70)60(69)62(77-65)64(71)72)76-59(68)53-50-47-44-41-38-35-31-26-23-20-17-14-11-8-5-2/h8,11-12,15,17,20-21,24,26,31,38,41,47,50,56,60-63,65,69-70H,4-7,9-10,13-14,16,18-19,22-23,25,27-30,32-37,39-40,42-46,48-49,51-55H2,1-3H3,(H,71,72)/b11-8-,15-12-,20-17-,24-21-,31-26-,41-38-,50-47-. The number of ether oxygens (including phenoxy) is 5. The van der Waals surface area contributed by atoms with E-state index in [0.717, 1.165) is 96.3 Å². The average molecular weight is 1080 g/mol. The van der Waals surface area contributed by atoms with E-state index in [2.05, 4.69) is 81.5 Å². The normalized spacial score (nSPS) is 18.6. The highest BCUT2D eigenvalue weighted by Crippen LogP contribution is 2.26. The number of carbonyl (C=O) groups is 4. The molecule has 0 aromatic rings. The van der Waals surface area contributed by atoms with Gasteiger partial charge in [0.15, 0.2) is 24.6 Å². The van der Waals surface area contributed by atoms with Gasteiger partial charge in [0.1, 0.15) is 18.8 Å². The van der Waals surface area contributed by atoms with Crippen LogP contribution in [0.5, 0.6) is 0 Å². The molecule has 1 fully saturated rings. The first-order valence-electron chi connectivity index (χ1n) is 30.6. The highest BCUT2D eigenvalue weighted by atomic mass is 16.7. The van der Waals surface area contributed by atoms with E-state index in [-0.39, 0.29) is 25.9 Å². The van der Waals surface area contributed by atoms with Gasteiger partial charge in [0.05, 0.1) is 13.0 Å². The van der Waals surface area contributed by atoms with Gasteiger partial charge in [-0.2, -0.15) is 0 Å². The van der Waals surface area contributed by atoms with Crippen LogP contribution in [0.15, 0.2) is 85.1 Å². The summed E-state index contributed by atoms with van der Waals surface area (Å²) in [4.78, 5) is 51.1. The summed E-state index contributed by atoms with van der Waals surface area (Å²) >= 11 is 0. The van der Waals surface area contributed by atoms with Crippen molar-refractivity contribution in [2.24, 2.45) is 0 Å². The Morgan fingerprint density at radius 2 is 0.883 bits per heavy atom. The number of aliphatic hydroxyl groups excluding tert-OH is 2. The van der Waals surface area contributed by atoms with Gasteiger partial charge in [0, 0.05) is 12.8 Å². The number of hydrogen-bond acceptors (Lipinski definition) is 11. The lowest BCUT2D eigenvalue weighted by molar-refractivity contribution is -0.301. The first kappa shape index (κ1) is 70.9. The molecule has 0 bridgehead atoms. The highest BCUT2D eigenvalue weighted by molar-refractivity contribution is 5.74. The molecule has 1 heterocycles. The lowest BCUT2D eigenvalue weighted by Gasteiger charge is -2.40. The summed E-state index contributed by atoms with van der Waals surface area (Å²) in [6, 6.07) is 0. The van der Waals surface area contributed by atoms with Gasteiger partial charge in [-0.3, -0.25) is 14.4 Å². The van der Waals surface area contributed by atoms with Crippen molar-refractivity contribution in [3.05, 3.63) is 85.1 Å². The van der Waals surface area contributed by atoms with Crippen molar-refractivity contribution in [2.45, 2.75) is 289 Å². The van der Waals surface area contributed by atoms with Gasteiger partial charge in [0.2, 0.25) is 0 Å². The quantitative estimate of drug-likeness (QED) is 0.0228. The van der Waals surface area contributed by atoms with Crippen molar-refractivity contribution in [3.63, 3.8) is 0 Å². The Labute approximate surface area is 467 Å². The van der Waals surface area contributed by atoms with E-state index < -0.39 is 67.3 Å². The Morgan fingerprint density at radius 3 is 1.36 bits per heavy atom. The molecule has 12 nitrogen and oxygen atoms in total. The van der Waals surface area contributed by atoms with Crippen molar-refractivity contribution in [3.8, 4) is 0 Å². The molecule has 0 aromatic heterocycles. The van der Waals surface area contributed by atoms with Crippen LogP contribution in [0.1, 0.15) is 252 Å². The summed E-state index contributed by atoms with van der Waals surface area (Å²) < 4.78 is 28.3. The van der Waals surface area contributed by atoms with E-state index in [1.807, 2.05) is 12.2 Å². The van der Waals surface area contributed by atoms with Crippen LogP contribution in [0.25, 0.3) is 0 Å². The molecule has 1 rings (SSSR count). The molecule has 1 saturated heterocycles. The molecule has 12 heteroatoms. The number of carbonyl (C=O) groups excluding carboxylic acids is 3. The fraction of sp³-hybridized carbons (Fsp3) is 0.723. The number of unbranched alkanes of at least 4 members (excludes halogenated alkanes) is 24. The van der Waals surface area contributed by atoms with Crippen molar-refractivity contribution >= 4 is 23.9 Å². The minimum Gasteiger partial charge on any atom is -0.479 e. The van der Waals surface area contributed by atoms with Crippen LogP contribution < -0.4 is 0 Å². The SMILES string of the molecule is CC/C=C\C/C=C\C/C=C\C/C=C\C/C=C\CC(=O)OC1C(OCC(COC(=O)CCCCCCCCCCCCCCCCCCCCC)OC(=O)CCCCCCC/C=C\C/C=C\CCC)OC(C(=O)O)C(O)C1O. The number of carboxylic acid groups (broad SMARTS) is 1. The van der Waals surface area contributed by atoms with E-state index in [1.54, 1.807) is 12.2 Å². The topological polar surface area (TPSA) is 175 Å². The number of carboxylic acids is 1. The summed E-state index contributed by atoms with van der Waals surface area (Å²) in [6.45, 7) is 5.77. The number of aliphatic carboxylic acids is 1. The van der Waals surface area contributed by atoms with Crippen LogP contribution >= 0.6 is 0 Å². The zero-order valence-corrected chi connectivity index (χ0v) is 48.4. The summed E-state index contributed by atoms with van der Waals surface area (Å²) in [7, 11) is 0. The molecule has 1 aliphatic rings. The third-order valence-electron chi connectivity index (χ3n) is 13.5. The molecule has 3 N–H and O–H groups in total. The molecule has 0 aromatic carbocycles. The van der Waals surface area contributed by atoms with Crippen LogP contribution in [-0.2, 0) is 42.9 Å². The minimum absolute atomic E-state index is 0.135. The van der Waals surface area contributed by atoms with Crippen molar-refractivity contribution < 1.29 is 58.2 Å². The second kappa shape index (κ2) is 52.6. The molecule has 0 saturated carbocycles. The Bertz CT molecular complexity index is 1660. The summed E-state index contributed by atoms with van der Waals surface area (Å²) in [5, 5.41) is 31.4. The zero-order valence-electron chi connectivity index (χ0n) is 48.4. The number of esters is 3. The molecule has 1 aliphatic heterocycles. The van der Waals surface area contributed by atoms with Crippen molar-refractivity contribution in [2.75, 3.05) is 13.2 Å². The van der Waals surface area contributed by atoms with Crippen LogP contribution in [0.4, 0.5) is 0 Å². The summed E-state index contributed by atoms with van der Waals surface area (Å²) in [5.74, 6) is -3.30. The maximum Gasteiger partial charge on any atom is 0.335 e. The fourth-order valence-electron chi connectivity index (χ4n) is 8.83. The second-order valence-corrected chi connectivity index (χ2v) is 20.6. The lowest BCUT2D eigenvalue weighted by atomic mass is 9.98. The average Bonchev–Trinajstić information content (AvgIpc) is 3.42. The van der Waals surface area contributed by atoms with Gasteiger partial charge in [0.25, 0.3) is 0 Å². The maximum absolute atomic E-state index is 13.1. The molecule has 77 heavy (non-hydrogen) atoms. The molecule has 0 aliphatic carbocycles. The zero-order chi connectivity index (χ0) is 56.1. The van der Waals surface area contributed by atoms with Crippen LogP contribution in [-0.4, -0.2) is 89.2 Å². The van der Waals surface area contributed by atoms with E-state index in [4.69, 9.17) is 23.7 Å². The second-order valence-electron chi connectivity index (χ2n) is 20.6. The Morgan fingerprint density at radius 1 is 0.455 bits per heavy atom. The fourth-order valence-corrected chi connectivity index (χ4v) is 8.83. The monoisotopic (exact) mass is 1080 g/mol. The number of rotatable bonds is 51. The van der Waals surface area contributed by atoms with Crippen LogP contribution in [0.2, 0.25) is 0 Å². The largest absolute Gasteiger partial charge is 0.479 e. The van der Waals surface area contributed by atoms with E-state index >= 15 is 0 Å². The highest BCUT2D eigenvalue weighted by Gasteiger charge is 2.50. The molecular weight excluding hydrogens is 973 g/mol. The van der Waals surface area contributed by atoms with Gasteiger partial charge >= 0.3 is 23.9 Å². The number of aliphatic hydroxyl groups is 2. The maximum atomic E-state index is 13.1. The molecule has 0 spiro atoms. The Hall–Kier alpha value is -4.10. The number of allylic oxidation sites excluding steroid dienone is 13. The van der Waals surface area contributed by atoms with Crippen LogP contribution in [0.3, 0.4) is 0 Å².